The molecule has 0 aromatic heterocycles. The number of hydrazine groups is 1. The lowest BCUT2D eigenvalue weighted by Gasteiger charge is -2.13. The van der Waals surface area contributed by atoms with Crippen molar-refractivity contribution in [3.63, 3.8) is 0 Å². The molecule has 0 unspecified atom stereocenters. The third-order valence-corrected chi connectivity index (χ3v) is 4.82. The monoisotopic (exact) mass is 404 g/mol. The minimum atomic E-state index is -0.433. The van der Waals surface area contributed by atoms with Gasteiger partial charge in [-0.1, -0.05) is 60.1 Å². The van der Waals surface area contributed by atoms with E-state index in [9.17, 15) is 9.59 Å². The predicted octanol–water partition coefficient (Wildman–Crippen LogP) is 4.38. The Morgan fingerprint density at radius 2 is 1.59 bits per heavy atom. The maximum absolute atomic E-state index is 12.6. The molecule has 0 aliphatic carbocycles. The van der Waals surface area contributed by atoms with Crippen molar-refractivity contribution in [3.05, 3.63) is 101 Å². The summed E-state index contributed by atoms with van der Waals surface area (Å²) in [6, 6.07) is 23.6. The smallest absolute Gasteiger partial charge is 0.282 e. The van der Waals surface area contributed by atoms with Crippen molar-refractivity contribution in [2.75, 3.05) is 5.01 Å². The molecule has 0 saturated carbocycles. The number of hydrogen-bond acceptors (Lipinski definition) is 3. The number of ether oxygens (including phenoxy) is 1. The Balaban J connectivity index is 1.46. The minimum absolute atomic E-state index is 0.0820. The van der Waals surface area contributed by atoms with E-state index in [1.165, 1.54) is 5.01 Å². The molecule has 2 amide bonds. The van der Waals surface area contributed by atoms with Gasteiger partial charge in [-0.15, -0.1) is 0 Å². The first-order valence-corrected chi connectivity index (χ1v) is 9.38. The Bertz CT molecular complexity index is 1080. The summed E-state index contributed by atoms with van der Waals surface area (Å²) in [5.41, 5.74) is 4.90. The molecule has 1 fully saturated rings. The van der Waals surface area contributed by atoms with E-state index in [1.54, 1.807) is 54.6 Å². The topological polar surface area (TPSA) is 58.6 Å². The second-order valence-corrected chi connectivity index (χ2v) is 6.83. The molecule has 5 nitrogen and oxygen atoms in total. The molecular formula is C23H17ClN2O3. The Kier molecular flexibility index (Phi) is 5.31. The number of halogens is 1. The van der Waals surface area contributed by atoms with Gasteiger partial charge in [0.15, 0.2) is 0 Å². The van der Waals surface area contributed by atoms with Gasteiger partial charge in [-0.2, -0.15) is 0 Å². The highest BCUT2D eigenvalue weighted by molar-refractivity contribution is 6.32. The van der Waals surface area contributed by atoms with Crippen LogP contribution in [0.1, 0.15) is 11.1 Å². The van der Waals surface area contributed by atoms with Crippen molar-refractivity contribution in [2.45, 2.75) is 6.61 Å². The van der Waals surface area contributed by atoms with E-state index in [0.29, 0.717) is 23.1 Å². The van der Waals surface area contributed by atoms with Gasteiger partial charge in [0.25, 0.3) is 11.8 Å². The lowest BCUT2D eigenvalue weighted by atomic mass is 10.1. The van der Waals surface area contributed by atoms with Crippen molar-refractivity contribution in [3.8, 4) is 5.75 Å². The first-order chi connectivity index (χ1) is 14.1. The fraction of sp³-hybridized carbons (Fsp3) is 0.0435. The molecule has 0 radical (unpaired) electrons. The van der Waals surface area contributed by atoms with Crippen molar-refractivity contribution in [1.29, 1.82) is 0 Å². The fourth-order valence-electron chi connectivity index (χ4n) is 2.92. The van der Waals surface area contributed by atoms with Crippen molar-refractivity contribution < 1.29 is 14.3 Å². The number of carbonyl (C=O) groups excluding carboxylic acids is 2. The Morgan fingerprint density at radius 3 is 2.31 bits per heavy atom. The van der Waals surface area contributed by atoms with Crippen LogP contribution in [0.5, 0.6) is 5.75 Å². The highest BCUT2D eigenvalue weighted by Crippen LogP contribution is 2.23. The zero-order chi connectivity index (χ0) is 20.2. The number of para-hydroxylation sites is 1. The number of carbonyl (C=O) groups is 2. The SMILES string of the molecule is O=C1NN(c2ccccc2)C(=O)/C1=C\c1ccc(OCc2ccccc2Cl)cc1. The fourth-order valence-corrected chi connectivity index (χ4v) is 3.11. The van der Waals surface area contributed by atoms with E-state index in [4.69, 9.17) is 16.3 Å². The number of amides is 2. The first-order valence-electron chi connectivity index (χ1n) is 9.00. The van der Waals surface area contributed by atoms with Crippen LogP contribution in [0.3, 0.4) is 0 Å². The molecule has 1 aliphatic rings. The predicted molar refractivity (Wildman–Crippen MR) is 112 cm³/mol. The Labute approximate surface area is 173 Å². The molecule has 0 bridgehead atoms. The average molecular weight is 405 g/mol. The quantitative estimate of drug-likeness (QED) is 0.507. The molecule has 6 heteroatoms. The van der Waals surface area contributed by atoms with Crippen LogP contribution in [0.25, 0.3) is 6.08 Å². The summed E-state index contributed by atoms with van der Waals surface area (Å²) in [5.74, 6) is -0.154. The van der Waals surface area contributed by atoms with Crippen LogP contribution >= 0.6 is 11.6 Å². The van der Waals surface area contributed by atoms with Gasteiger partial charge in [0.05, 0.1) is 5.69 Å². The number of nitrogens with zero attached hydrogens (tertiary/aromatic N) is 1. The lowest BCUT2D eigenvalue weighted by molar-refractivity contribution is -0.117. The zero-order valence-corrected chi connectivity index (χ0v) is 16.1. The molecule has 29 heavy (non-hydrogen) atoms. The van der Waals surface area contributed by atoms with Crippen molar-refractivity contribution in [2.24, 2.45) is 0 Å². The minimum Gasteiger partial charge on any atom is -0.489 e. The van der Waals surface area contributed by atoms with Gasteiger partial charge in [-0.3, -0.25) is 15.0 Å². The van der Waals surface area contributed by atoms with Crippen LogP contribution in [0, 0.1) is 0 Å². The van der Waals surface area contributed by atoms with E-state index in [2.05, 4.69) is 5.43 Å². The van der Waals surface area contributed by atoms with Crippen LogP contribution in [0.2, 0.25) is 5.02 Å². The summed E-state index contributed by atoms with van der Waals surface area (Å²) in [6.07, 6.45) is 1.57. The van der Waals surface area contributed by atoms with Gasteiger partial charge >= 0.3 is 0 Å². The first kappa shape index (κ1) is 18.8. The van der Waals surface area contributed by atoms with E-state index < -0.39 is 5.91 Å². The molecule has 3 aromatic carbocycles. The van der Waals surface area contributed by atoms with Gasteiger partial charge in [0, 0.05) is 10.6 Å². The number of hydrogen-bond donors (Lipinski definition) is 1. The van der Waals surface area contributed by atoms with Crippen molar-refractivity contribution >= 4 is 35.2 Å². The number of rotatable bonds is 5. The highest BCUT2D eigenvalue weighted by atomic mass is 35.5. The standard InChI is InChI=1S/C23H17ClN2O3/c24-21-9-5-4-6-17(21)15-29-19-12-10-16(11-13-19)14-20-22(27)25-26(23(20)28)18-7-2-1-3-8-18/h1-14H,15H2,(H,25,27)/b20-14-. The molecule has 1 N–H and O–H groups in total. The summed E-state index contributed by atoms with van der Waals surface area (Å²) in [4.78, 5) is 24.9. The third kappa shape index (κ3) is 4.15. The third-order valence-electron chi connectivity index (χ3n) is 4.45. The van der Waals surface area contributed by atoms with Crippen LogP contribution < -0.4 is 15.2 Å². The molecule has 1 heterocycles. The molecular weight excluding hydrogens is 388 g/mol. The Hall–Kier alpha value is -3.57. The second-order valence-electron chi connectivity index (χ2n) is 6.42. The van der Waals surface area contributed by atoms with Crippen molar-refractivity contribution in [1.82, 2.24) is 5.43 Å². The summed E-state index contributed by atoms with van der Waals surface area (Å²) < 4.78 is 5.76. The molecule has 0 atom stereocenters. The van der Waals surface area contributed by atoms with Crippen LogP contribution in [0.15, 0.2) is 84.4 Å². The average Bonchev–Trinajstić information content (AvgIpc) is 3.03. The molecule has 1 saturated heterocycles. The maximum atomic E-state index is 12.6. The van der Waals surface area contributed by atoms with Gasteiger partial charge in [-0.25, -0.2) is 5.01 Å². The molecule has 3 aromatic rings. The molecule has 0 spiro atoms. The molecule has 4 rings (SSSR count). The summed E-state index contributed by atoms with van der Waals surface area (Å²) in [5, 5.41) is 1.90. The van der Waals surface area contributed by atoms with Crippen LogP contribution in [-0.4, -0.2) is 11.8 Å². The molecule has 1 aliphatic heterocycles. The van der Waals surface area contributed by atoms with Crippen LogP contribution in [0.4, 0.5) is 5.69 Å². The van der Waals surface area contributed by atoms with Gasteiger partial charge in [-0.05, 0) is 42.0 Å². The van der Waals surface area contributed by atoms with E-state index in [1.807, 2.05) is 30.3 Å². The maximum Gasteiger partial charge on any atom is 0.282 e. The summed E-state index contributed by atoms with van der Waals surface area (Å²) >= 11 is 6.13. The largest absolute Gasteiger partial charge is 0.489 e. The number of nitrogens with one attached hydrogen (secondary N) is 1. The van der Waals surface area contributed by atoms with Gasteiger partial charge < -0.3 is 4.74 Å². The highest BCUT2D eigenvalue weighted by Gasteiger charge is 2.34. The second kappa shape index (κ2) is 8.20. The molecule has 144 valence electrons. The number of anilines is 1. The van der Waals surface area contributed by atoms with Gasteiger partial charge in [0.2, 0.25) is 0 Å². The van der Waals surface area contributed by atoms with E-state index >= 15 is 0 Å². The van der Waals surface area contributed by atoms with Crippen LogP contribution in [-0.2, 0) is 16.2 Å². The van der Waals surface area contributed by atoms with Gasteiger partial charge in [0.1, 0.15) is 17.9 Å². The summed E-state index contributed by atoms with van der Waals surface area (Å²) in [7, 11) is 0. The van der Waals surface area contributed by atoms with E-state index in [0.717, 1.165) is 11.1 Å². The normalized spacial score (nSPS) is 14.9. The Morgan fingerprint density at radius 1 is 0.897 bits per heavy atom. The lowest BCUT2D eigenvalue weighted by Crippen LogP contribution is -2.35. The summed E-state index contributed by atoms with van der Waals surface area (Å²) in [6.45, 7) is 0.354. The van der Waals surface area contributed by atoms with E-state index in [-0.39, 0.29) is 11.5 Å². The number of benzene rings is 3. The zero-order valence-electron chi connectivity index (χ0n) is 15.3.